The molecule has 0 saturated heterocycles. The number of rotatable bonds is 3. The van der Waals surface area contributed by atoms with Crippen molar-refractivity contribution < 1.29 is 4.79 Å². The third-order valence-corrected chi connectivity index (χ3v) is 4.72. The van der Waals surface area contributed by atoms with Crippen LogP contribution in [0.3, 0.4) is 0 Å². The number of pyridine rings is 1. The number of hydrogen-bond donors (Lipinski definition) is 1. The molecule has 0 bridgehead atoms. The Bertz CT molecular complexity index is 948. The van der Waals surface area contributed by atoms with E-state index in [0.29, 0.717) is 23.8 Å². The van der Waals surface area contributed by atoms with Crippen molar-refractivity contribution in [3.05, 3.63) is 83.5 Å². The van der Waals surface area contributed by atoms with Crippen molar-refractivity contribution in [3.63, 3.8) is 0 Å². The van der Waals surface area contributed by atoms with E-state index in [2.05, 4.69) is 27.3 Å². The molecule has 6 heteroatoms. The van der Waals surface area contributed by atoms with Gasteiger partial charge in [0.05, 0.1) is 5.69 Å². The minimum atomic E-state index is -0.189. The van der Waals surface area contributed by atoms with E-state index in [0.717, 1.165) is 18.1 Å². The van der Waals surface area contributed by atoms with Gasteiger partial charge in [-0.2, -0.15) is 0 Å². The summed E-state index contributed by atoms with van der Waals surface area (Å²) in [6.45, 7) is 2.05. The Morgan fingerprint density at radius 2 is 1.89 bits per heavy atom. The van der Waals surface area contributed by atoms with Gasteiger partial charge in [-0.15, -0.1) is 0 Å². The molecule has 2 amide bonds. The quantitative estimate of drug-likeness (QED) is 0.712. The molecule has 4 rings (SSSR count). The van der Waals surface area contributed by atoms with Crippen molar-refractivity contribution >= 4 is 34.8 Å². The van der Waals surface area contributed by atoms with Gasteiger partial charge in [-0.05, 0) is 35.9 Å². The van der Waals surface area contributed by atoms with Crippen molar-refractivity contribution in [3.8, 4) is 0 Å². The molecule has 2 aromatic carbocycles. The second kappa shape index (κ2) is 7.68. The van der Waals surface area contributed by atoms with Crippen LogP contribution in [0.4, 0.5) is 22.0 Å². The SMILES string of the molecule is O=C(Nc1cccc(Cl)c1)N1CCN(Cc2ccccc2)c2ncccc21. The van der Waals surface area contributed by atoms with Crippen molar-refractivity contribution in [1.82, 2.24) is 4.98 Å². The Morgan fingerprint density at radius 1 is 1.04 bits per heavy atom. The van der Waals surface area contributed by atoms with Gasteiger partial charge in [0.25, 0.3) is 0 Å². The number of carbonyl (C=O) groups is 1. The van der Waals surface area contributed by atoms with E-state index < -0.39 is 0 Å². The van der Waals surface area contributed by atoms with Crippen LogP contribution in [-0.2, 0) is 6.54 Å². The lowest BCUT2D eigenvalue weighted by molar-refractivity contribution is 0.256. The molecular formula is C21H19ClN4O. The Kier molecular flexibility index (Phi) is 4.94. The van der Waals surface area contributed by atoms with Gasteiger partial charge in [-0.1, -0.05) is 48.0 Å². The first-order valence-electron chi connectivity index (χ1n) is 8.79. The smallest absolute Gasteiger partial charge is 0.326 e. The van der Waals surface area contributed by atoms with Crippen LogP contribution in [0.1, 0.15) is 5.56 Å². The fourth-order valence-electron chi connectivity index (χ4n) is 3.22. The summed E-state index contributed by atoms with van der Waals surface area (Å²) in [6, 6.07) is 21.0. The molecule has 0 radical (unpaired) electrons. The van der Waals surface area contributed by atoms with Gasteiger partial charge in [-0.25, -0.2) is 9.78 Å². The maximum absolute atomic E-state index is 12.8. The number of carbonyl (C=O) groups excluding carboxylic acids is 1. The number of nitrogens with zero attached hydrogens (tertiary/aromatic N) is 3. The molecule has 1 aromatic heterocycles. The van der Waals surface area contributed by atoms with Gasteiger partial charge in [0.2, 0.25) is 0 Å². The van der Waals surface area contributed by atoms with Gasteiger partial charge in [-0.3, -0.25) is 4.90 Å². The van der Waals surface area contributed by atoms with E-state index in [1.165, 1.54) is 5.56 Å². The zero-order valence-electron chi connectivity index (χ0n) is 14.7. The predicted octanol–water partition coefficient (Wildman–Crippen LogP) is 4.79. The summed E-state index contributed by atoms with van der Waals surface area (Å²) < 4.78 is 0. The monoisotopic (exact) mass is 378 g/mol. The van der Waals surface area contributed by atoms with E-state index in [1.54, 1.807) is 23.2 Å². The van der Waals surface area contributed by atoms with Gasteiger partial charge in [0.15, 0.2) is 5.82 Å². The second-order valence-corrected chi connectivity index (χ2v) is 6.78. The minimum absolute atomic E-state index is 0.189. The highest BCUT2D eigenvalue weighted by Gasteiger charge is 2.27. The van der Waals surface area contributed by atoms with Crippen molar-refractivity contribution in [2.45, 2.75) is 6.54 Å². The Morgan fingerprint density at radius 3 is 2.70 bits per heavy atom. The standard InChI is InChI=1S/C21H19ClN4O/c22-17-8-4-9-18(14-17)24-21(27)26-13-12-25(15-16-6-2-1-3-7-16)20-19(26)10-5-11-23-20/h1-11,14H,12-13,15H2,(H,24,27). The highest BCUT2D eigenvalue weighted by molar-refractivity contribution is 6.30. The molecule has 1 aliphatic rings. The largest absolute Gasteiger partial charge is 0.349 e. The number of anilines is 3. The minimum Gasteiger partial charge on any atom is -0.349 e. The maximum atomic E-state index is 12.8. The third kappa shape index (κ3) is 3.88. The van der Waals surface area contributed by atoms with Crippen LogP contribution in [0.25, 0.3) is 0 Å². The first-order chi connectivity index (χ1) is 13.2. The molecule has 1 aliphatic heterocycles. The topological polar surface area (TPSA) is 48.5 Å². The number of halogens is 1. The highest BCUT2D eigenvalue weighted by atomic mass is 35.5. The van der Waals surface area contributed by atoms with Crippen LogP contribution in [-0.4, -0.2) is 24.1 Å². The summed E-state index contributed by atoms with van der Waals surface area (Å²) in [5.74, 6) is 0.814. The normalized spacial score (nSPS) is 13.2. The van der Waals surface area contributed by atoms with Gasteiger partial charge in [0.1, 0.15) is 0 Å². The molecule has 3 aromatic rings. The van der Waals surface area contributed by atoms with E-state index in [9.17, 15) is 4.79 Å². The fourth-order valence-corrected chi connectivity index (χ4v) is 3.41. The number of benzene rings is 2. The van der Waals surface area contributed by atoms with Crippen LogP contribution in [0.2, 0.25) is 5.02 Å². The molecule has 1 N–H and O–H groups in total. The lowest BCUT2D eigenvalue weighted by Gasteiger charge is -2.36. The first-order valence-corrected chi connectivity index (χ1v) is 9.16. The lowest BCUT2D eigenvalue weighted by Crippen LogP contribution is -2.46. The molecule has 2 heterocycles. The summed E-state index contributed by atoms with van der Waals surface area (Å²) in [6.07, 6.45) is 1.76. The van der Waals surface area contributed by atoms with E-state index in [1.807, 2.05) is 42.5 Å². The number of hydrogen-bond acceptors (Lipinski definition) is 3. The van der Waals surface area contributed by atoms with E-state index in [4.69, 9.17) is 11.6 Å². The number of amides is 2. The first kappa shape index (κ1) is 17.4. The average Bonchev–Trinajstić information content (AvgIpc) is 2.69. The van der Waals surface area contributed by atoms with Gasteiger partial charge >= 0.3 is 6.03 Å². The van der Waals surface area contributed by atoms with E-state index in [-0.39, 0.29) is 6.03 Å². The summed E-state index contributed by atoms with van der Waals surface area (Å²) in [5, 5.41) is 3.50. The summed E-state index contributed by atoms with van der Waals surface area (Å²) in [5.41, 5.74) is 2.69. The fraction of sp³-hybridized carbons (Fsp3) is 0.143. The molecule has 0 unspecified atom stereocenters. The molecule has 0 spiro atoms. The van der Waals surface area contributed by atoms with Crippen molar-refractivity contribution in [2.24, 2.45) is 0 Å². The molecule has 136 valence electrons. The Hall–Kier alpha value is -3.05. The molecule has 0 atom stereocenters. The Labute approximate surface area is 163 Å². The third-order valence-electron chi connectivity index (χ3n) is 4.49. The van der Waals surface area contributed by atoms with Gasteiger partial charge in [0, 0.05) is 36.5 Å². The summed E-state index contributed by atoms with van der Waals surface area (Å²) in [4.78, 5) is 21.3. The highest BCUT2D eigenvalue weighted by Crippen LogP contribution is 2.32. The van der Waals surface area contributed by atoms with Crippen molar-refractivity contribution in [1.29, 1.82) is 0 Å². The Balaban J connectivity index is 1.56. The molecule has 0 saturated carbocycles. The molecule has 5 nitrogen and oxygen atoms in total. The molecule has 27 heavy (non-hydrogen) atoms. The van der Waals surface area contributed by atoms with Crippen LogP contribution in [0.5, 0.6) is 0 Å². The maximum Gasteiger partial charge on any atom is 0.326 e. The molecule has 0 aliphatic carbocycles. The van der Waals surface area contributed by atoms with Crippen LogP contribution in [0, 0.1) is 0 Å². The molecule has 0 fully saturated rings. The summed E-state index contributed by atoms with van der Waals surface area (Å²) >= 11 is 6.01. The van der Waals surface area contributed by atoms with Gasteiger partial charge < -0.3 is 10.2 Å². The average molecular weight is 379 g/mol. The van der Waals surface area contributed by atoms with E-state index >= 15 is 0 Å². The zero-order chi connectivity index (χ0) is 18.6. The number of fused-ring (bicyclic) bond motifs is 1. The van der Waals surface area contributed by atoms with Crippen LogP contribution in [0.15, 0.2) is 72.9 Å². The lowest BCUT2D eigenvalue weighted by atomic mass is 10.2. The van der Waals surface area contributed by atoms with Crippen LogP contribution < -0.4 is 15.1 Å². The number of aromatic nitrogens is 1. The van der Waals surface area contributed by atoms with Crippen molar-refractivity contribution in [2.75, 3.05) is 28.2 Å². The summed E-state index contributed by atoms with van der Waals surface area (Å²) in [7, 11) is 0. The number of nitrogens with one attached hydrogen (secondary N) is 1. The number of urea groups is 1. The predicted molar refractivity (Wildman–Crippen MR) is 110 cm³/mol. The zero-order valence-corrected chi connectivity index (χ0v) is 15.4. The molecular weight excluding hydrogens is 360 g/mol. The second-order valence-electron chi connectivity index (χ2n) is 6.35. The van der Waals surface area contributed by atoms with Crippen LogP contribution >= 0.6 is 11.6 Å².